The SMILES string of the molecule is CCOC(=O)c1c(O)c(-c2ccc(Cl)cc2)nn(Cc2ccc(-c3ccccc3)cc2)c1=O. The van der Waals surface area contributed by atoms with E-state index in [0.29, 0.717) is 10.6 Å². The molecule has 0 radical (unpaired) electrons. The second-order valence-corrected chi connectivity index (χ2v) is 7.76. The van der Waals surface area contributed by atoms with Gasteiger partial charge in [-0.2, -0.15) is 5.10 Å². The average molecular weight is 461 g/mol. The highest BCUT2D eigenvalue weighted by Crippen LogP contribution is 2.30. The van der Waals surface area contributed by atoms with Crippen LogP contribution in [0.2, 0.25) is 5.02 Å². The molecule has 0 aliphatic carbocycles. The monoisotopic (exact) mass is 460 g/mol. The molecule has 0 aliphatic heterocycles. The van der Waals surface area contributed by atoms with Gasteiger partial charge in [-0.05, 0) is 35.7 Å². The largest absolute Gasteiger partial charge is 0.505 e. The first-order valence-electron chi connectivity index (χ1n) is 10.4. The second-order valence-electron chi connectivity index (χ2n) is 7.33. The van der Waals surface area contributed by atoms with Gasteiger partial charge in [-0.1, -0.05) is 78.3 Å². The fourth-order valence-electron chi connectivity index (χ4n) is 3.46. The first-order valence-corrected chi connectivity index (χ1v) is 10.8. The van der Waals surface area contributed by atoms with Crippen LogP contribution in [0.15, 0.2) is 83.7 Å². The van der Waals surface area contributed by atoms with Crippen molar-refractivity contribution >= 4 is 17.6 Å². The van der Waals surface area contributed by atoms with Gasteiger partial charge in [-0.15, -0.1) is 0 Å². The molecule has 0 fully saturated rings. The maximum absolute atomic E-state index is 13.1. The number of ether oxygens (including phenoxy) is 1. The lowest BCUT2D eigenvalue weighted by Gasteiger charge is -2.13. The number of rotatable bonds is 6. The fraction of sp³-hybridized carbons (Fsp3) is 0.115. The highest BCUT2D eigenvalue weighted by Gasteiger charge is 2.25. The number of hydrogen-bond acceptors (Lipinski definition) is 5. The summed E-state index contributed by atoms with van der Waals surface area (Å²) in [5, 5.41) is 15.6. The molecule has 3 aromatic carbocycles. The molecular formula is C26H21ClN2O4. The van der Waals surface area contributed by atoms with Gasteiger partial charge in [0.05, 0.1) is 13.2 Å². The van der Waals surface area contributed by atoms with Crippen LogP contribution < -0.4 is 5.56 Å². The summed E-state index contributed by atoms with van der Waals surface area (Å²) in [6, 6.07) is 24.2. The molecule has 0 aliphatic rings. The maximum Gasteiger partial charge on any atom is 0.347 e. The standard InChI is InChI=1S/C26H21ClN2O4/c1-2-33-26(32)22-24(30)23(20-12-14-21(27)15-13-20)28-29(25(22)31)16-17-8-10-19(11-9-17)18-6-4-3-5-7-18/h3-15,30H,2,16H2,1H3. The summed E-state index contributed by atoms with van der Waals surface area (Å²) < 4.78 is 6.17. The Kier molecular flexibility index (Phi) is 6.56. The normalized spacial score (nSPS) is 10.7. The summed E-state index contributed by atoms with van der Waals surface area (Å²) >= 11 is 5.97. The number of esters is 1. The third-order valence-corrected chi connectivity index (χ3v) is 5.37. The molecule has 0 saturated carbocycles. The molecule has 4 aromatic rings. The van der Waals surface area contributed by atoms with Gasteiger partial charge in [0.25, 0.3) is 5.56 Å². The van der Waals surface area contributed by atoms with Crippen molar-refractivity contribution in [3.63, 3.8) is 0 Å². The van der Waals surface area contributed by atoms with Gasteiger partial charge in [0.15, 0.2) is 11.3 Å². The zero-order valence-electron chi connectivity index (χ0n) is 17.9. The molecule has 166 valence electrons. The van der Waals surface area contributed by atoms with Crippen LogP contribution in [-0.4, -0.2) is 27.5 Å². The summed E-state index contributed by atoms with van der Waals surface area (Å²) in [5.41, 5.74) is 2.37. The molecule has 0 unspecified atom stereocenters. The molecular weight excluding hydrogens is 440 g/mol. The molecule has 0 atom stereocenters. The third-order valence-electron chi connectivity index (χ3n) is 5.12. The van der Waals surface area contributed by atoms with Gasteiger partial charge >= 0.3 is 5.97 Å². The predicted octanol–water partition coefficient (Wildman–Crippen LogP) is 5.16. The highest BCUT2D eigenvalue weighted by molar-refractivity contribution is 6.30. The number of hydrogen-bond donors (Lipinski definition) is 1. The average Bonchev–Trinajstić information content (AvgIpc) is 2.83. The minimum Gasteiger partial charge on any atom is -0.505 e. The lowest BCUT2D eigenvalue weighted by Crippen LogP contribution is -2.30. The van der Waals surface area contributed by atoms with Crippen molar-refractivity contribution in [2.75, 3.05) is 6.61 Å². The zero-order chi connectivity index (χ0) is 23.4. The summed E-state index contributed by atoms with van der Waals surface area (Å²) in [6.45, 7) is 1.81. The number of carbonyl (C=O) groups is 1. The minimum atomic E-state index is -0.897. The number of aromatic nitrogens is 2. The molecule has 0 saturated heterocycles. The Hall–Kier alpha value is -3.90. The van der Waals surface area contributed by atoms with E-state index in [0.717, 1.165) is 21.4 Å². The van der Waals surface area contributed by atoms with Crippen LogP contribution in [0.5, 0.6) is 5.75 Å². The van der Waals surface area contributed by atoms with E-state index in [2.05, 4.69) is 5.10 Å². The van der Waals surface area contributed by atoms with E-state index in [1.54, 1.807) is 31.2 Å². The van der Waals surface area contributed by atoms with Crippen LogP contribution in [0.3, 0.4) is 0 Å². The smallest absolute Gasteiger partial charge is 0.347 e. The summed E-state index contributed by atoms with van der Waals surface area (Å²) in [5.74, 6) is -1.41. The number of nitrogens with zero attached hydrogens (tertiary/aromatic N) is 2. The topological polar surface area (TPSA) is 81.4 Å². The molecule has 4 rings (SSSR count). The van der Waals surface area contributed by atoms with E-state index in [1.807, 2.05) is 54.6 Å². The zero-order valence-corrected chi connectivity index (χ0v) is 18.6. The molecule has 7 heteroatoms. The Morgan fingerprint density at radius 2 is 1.55 bits per heavy atom. The summed E-state index contributed by atoms with van der Waals surface area (Å²) in [6.07, 6.45) is 0. The van der Waals surface area contributed by atoms with E-state index >= 15 is 0 Å². The van der Waals surface area contributed by atoms with Crippen LogP contribution in [0.25, 0.3) is 22.4 Å². The number of benzene rings is 3. The van der Waals surface area contributed by atoms with Crippen molar-refractivity contribution < 1.29 is 14.6 Å². The molecule has 1 aromatic heterocycles. The molecule has 0 amide bonds. The van der Waals surface area contributed by atoms with Gasteiger partial charge in [0, 0.05) is 10.6 Å². The highest BCUT2D eigenvalue weighted by atomic mass is 35.5. The van der Waals surface area contributed by atoms with Crippen molar-refractivity contribution in [1.29, 1.82) is 0 Å². The van der Waals surface area contributed by atoms with Crippen LogP contribution >= 0.6 is 11.6 Å². The summed E-state index contributed by atoms with van der Waals surface area (Å²) in [4.78, 5) is 25.5. The molecule has 6 nitrogen and oxygen atoms in total. The Morgan fingerprint density at radius 3 is 2.18 bits per heavy atom. The van der Waals surface area contributed by atoms with Gasteiger partial charge in [0.2, 0.25) is 0 Å². The van der Waals surface area contributed by atoms with E-state index in [4.69, 9.17) is 16.3 Å². The van der Waals surface area contributed by atoms with Crippen LogP contribution in [-0.2, 0) is 11.3 Å². The molecule has 33 heavy (non-hydrogen) atoms. The van der Waals surface area contributed by atoms with Crippen molar-refractivity contribution in [1.82, 2.24) is 9.78 Å². The Bertz CT molecular complexity index is 1330. The molecule has 0 bridgehead atoms. The first-order chi connectivity index (χ1) is 16.0. The van der Waals surface area contributed by atoms with Gasteiger partial charge in [0.1, 0.15) is 5.69 Å². The van der Waals surface area contributed by atoms with Crippen molar-refractivity contribution in [2.24, 2.45) is 0 Å². The molecule has 1 heterocycles. The minimum absolute atomic E-state index is 0.0667. The number of aromatic hydroxyl groups is 1. The maximum atomic E-state index is 13.1. The molecule has 0 spiro atoms. The predicted molar refractivity (Wildman–Crippen MR) is 128 cm³/mol. The van der Waals surface area contributed by atoms with E-state index in [-0.39, 0.29) is 18.8 Å². The Balaban J connectivity index is 1.76. The van der Waals surface area contributed by atoms with Crippen molar-refractivity contribution in [2.45, 2.75) is 13.5 Å². The quantitative estimate of drug-likeness (QED) is 0.402. The Morgan fingerprint density at radius 1 is 0.939 bits per heavy atom. The van der Waals surface area contributed by atoms with Crippen molar-refractivity contribution in [3.05, 3.63) is 105 Å². The van der Waals surface area contributed by atoms with E-state index in [9.17, 15) is 14.7 Å². The third kappa shape index (κ3) is 4.81. The first kappa shape index (κ1) is 22.3. The van der Waals surface area contributed by atoms with Gasteiger partial charge < -0.3 is 9.84 Å². The lowest BCUT2D eigenvalue weighted by molar-refractivity contribution is 0.0519. The van der Waals surface area contributed by atoms with Crippen LogP contribution in [0.4, 0.5) is 0 Å². The number of halogens is 1. The second kappa shape index (κ2) is 9.71. The number of carbonyl (C=O) groups excluding carboxylic acids is 1. The molecule has 1 N–H and O–H groups in total. The lowest BCUT2D eigenvalue weighted by atomic mass is 10.0. The summed E-state index contributed by atoms with van der Waals surface area (Å²) in [7, 11) is 0. The van der Waals surface area contributed by atoms with Crippen LogP contribution in [0.1, 0.15) is 22.8 Å². The van der Waals surface area contributed by atoms with Crippen LogP contribution in [0, 0.1) is 0 Å². The Labute approximate surface area is 195 Å². The fourth-order valence-corrected chi connectivity index (χ4v) is 3.59. The van der Waals surface area contributed by atoms with E-state index in [1.165, 1.54) is 0 Å². The van der Waals surface area contributed by atoms with Gasteiger partial charge in [-0.25, -0.2) is 9.48 Å². The van der Waals surface area contributed by atoms with Gasteiger partial charge in [-0.3, -0.25) is 4.79 Å². The van der Waals surface area contributed by atoms with Crippen molar-refractivity contribution in [3.8, 4) is 28.1 Å². The van der Waals surface area contributed by atoms with E-state index < -0.39 is 22.8 Å².